The Morgan fingerprint density at radius 3 is 2.44 bits per heavy atom. The molecule has 0 saturated carbocycles. The Balaban J connectivity index is 2.75. The van der Waals surface area contributed by atoms with Crippen LogP contribution in [0.25, 0.3) is 0 Å². The van der Waals surface area contributed by atoms with E-state index in [0.29, 0.717) is 5.56 Å². The van der Waals surface area contributed by atoms with E-state index >= 15 is 0 Å². The van der Waals surface area contributed by atoms with Gasteiger partial charge in [0.25, 0.3) is 0 Å². The Hall–Kier alpha value is -1.93. The lowest BCUT2D eigenvalue weighted by molar-refractivity contribution is -0.136. The SMILES string of the molecule is O=C(O)CCNS(=O)(=O)c1ccc(C=NO)cc1. The number of hydrogen-bond acceptors (Lipinski definition) is 5. The summed E-state index contributed by atoms with van der Waals surface area (Å²) in [6, 6.07) is 5.59. The molecule has 1 aromatic carbocycles. The Morgan fingerprint density at radius 1 is 1.33 bits per heavy atom. The van der Waals surface area contributed by atoms with Crippen molar-refractivity contribution >= 4 is 22.2 Å². The normalized spacial score (nSPS) is 11.8. The molecule has 0 radical (unpaired) electrons. The number of benzene rings is 1. The van der Waals surface area contributed by atoms with Gasteiger partial charge in [-0.25, -0.2) is 13.1 Å². The number of aliphatic carboxylic acids is 1. The average molecular weight is 272 g/mol. The van der Waals surface area contributed by atoms with Crippen LogP contribution in [0.4, 0.5) is 0 Å². The fourth-order valence-corrected chi connectivity index (χ4v) is 2.21. The largest absolute Gasteiger partial charge is 0.481 e. The van der Waals surface area contributed by atoms with Crippen molar-refractivity contribution in [2.45, 2.75) is 11.3 Å². The molecule has 0 fully saturated rings. The number of rotatable bonds is 6. The number of carboxylic acid groups (broad SMARTS) is 1. The molecule has 0 aliphatic heterocycles. The lowest BCUT2D eigenvalue weighted by Gasteiger charge is -2.05. The van der Waals surface area contributed by atoms with Gasteiger partial charge in [0.2, 0.25) is 10.0 Å². The topological polar surface area (TPSA) is 116 Å². The minimum absolute atomic E-state index is 0.0166. The minimum atomic E-state index is -3.71. The molecule has 0 aromatic heterocycles. The summed E-state index contributed by atoms with van der Waals surface area (Å²) in [6.45, 7) is -0.169. The third-order valence-corrected chi connectivity index (χ3v) is 3.51. The van der Waals surface area contributed by atoms with Crippen molar-refractivity contribution in [2.75, 3.05) is 6.54 Å². The Morgan fingerprint density at radius 2 is 1.94 bits per heavy atom. The standard InChI is InChI=1S/C10H12N2O5S/c13-10(14)5-6-12-18(16,17)9-3-1-8(2-4-9)7-11-15/h1-4,7,12,15H,5-6H2,(H,13,14). The van der Waals surface area contributed by atoms with E-state index in [9.17, 15) is 13.2 Å². The van der Waals surface area contributed by atoms with E-state index in [4.69, 9.17) is 10.3 Å². The van der Waals surface area contributed by atoms with Crippen LogP contribution in [0.5, 0.6) is 0 Å². The van der Waals surface area contributed by atoms with Gasteiger partial charge < -0.3 is 10.3 Å². The van der Waals surface area contributed by atoms with Gasteiger partial charge in [-0.15, -0.1) is 0 Å². The molecule has 0 bridgehead atoms. The molecule has 7 nitrogen and oxygen atoms in total. The number of nitrogens with zero attached hydrogens (tertiary/aromatic N) is 1. The van der Waals surface area contributed by atoms with Gasteiger partial charge in [0.05, 0.1) is 17.5 Å². The lowest BCUT2D eigenvalue weighted by Crippen LogP contribution is -2.26. The molecule has 0 aliphatic carbocycles. The molecule has 0 atom stereocenters. The Kier molecular flexibility index (Phi) is 4.81. The van der Waals surface area contributed by atoms with Crippen LogP contribution in [0, 0.1) is 0 Å². The van der Waals surface area contributed by atoms with Gasteiger partial charge in [0.1, 0.15) is 0 Å². The summed E-state index contributed by atoms with van der Waals surface area (Å²) in [5, 5.41) is 19.5. The summed E-state index contributed by atoms with van der Waals surface area (Å²) >= 11 is 0. The van der Waals surface area contributed by atoms with E-state index in [0.717, 1.165) is 6.21 Å². The molecular formula is C10H12N2O5S. The molecule has 3 N–H and O–H groups in total. The fraction of sp³-hybridized carbons (Fsp3) is 0.200. The van der Waals surface area contributed by atoms with Gasteiger partial charge in [-0.3, -0.25) is 4.79 Å². The number of hydrogen-bond donors (Lipinski definition) is 3. The molecule has 0 unspecified atom stereocenters. The first-order valence-electron chi connectivity index (χ1n) is 4.94. The quantitative estimate of drug-likeness (QED) is 0.390. The third-order valence-electron chi connectivity index (χ3n) is 2.03. The zero-order valence-corrected chi connectivity index (χ0v) is 10.1. The van der Waals surface area contributed by atoms with E-state index in [1.165, 1.54) is 24.3 Å². The summed E-state index contributed by atoms with van der Waals surface area (Å²) in [6.07, 6.45) is 0.878. The highest BCUT2D eigenvalue weighted by atomic mass is 32.2. The van der Waals surface area contributed by atoms with E-state index in [2.05, 4.69) is 9.88 Å². The van der Waals surface area contributed by atoms with Gasteiger partial charge >= 0.3 is 5.97 Å². The Bertz CT molecular complexity index is 536. The summed E-state index contributed by atoms with van der Waals surface area (Å²) in [4.78, 5) is 10.3. The molecule has 0 amide bonds. The van der Waals surface area contributed by atoms with Gasteiger partial charge in [0, 0.05) is 6.54 Å². The average Bonchev–Trinajstić information content (AvgIpc) is 2.29. The second kappa shape index (κ2) is 6.12. The zero-order chi connectivity index (χ0) is 13.6. The van der Waals surface area contributed by atoms with Crippen molar-refractivity contribution in [3.05, 3.63) is 29.8 Å². The molecular weight excluding hydrogens is 260 g/mol. The highest BCUT2D eigenvalue weighted by Gasteiger charge is 2.13. The van der Waals surface area contributed by atoms with E-state index in [1.54, 1.807) is 0 Å². The molecule has 1 rings (SSSR count). The van der Waals surface area contributed by atoms with Crippen molar-refractivity contribution in [1.82, 2.24) is 4.72 Å². The number of carboxylic acids is 1. The predicted molar refractivity (Wildman–Crippen MR) is 63.3 cm³/mol. The zero-order valence-electron chi connectivity index (χ0n) is 9.28. The molecule has 0 spiro atoms. The molecule has 98 valence electrons. The van der Waals surface area contributed by atoms with Crippen LogP contribution in [-0.2, 0) is 14.8 Å². The van der Waals surface area contributed by atoms with Gasteiger partial charge in [-0.1, -0.05) is 17.3 Å². The van der Waals surface area contributed by atoms with Crippen LogP contribution in [0.2, 0.25) is 0 Å². The highest BCUT2D eigenvalue weighted by molar-refractivity contribution is 7.89. The van der Waals surface area contributed by atoms with Gasteiger partial charge in [0.15, 0.2) is 0 Å². The van der Waals surface area contributed by atoms with Crippen molar-refractivity contribution in [3.8, 4) is 0 Å². The van der Waals surface area contributed by atoms with Crippen molar-refractivity contribution < 1.29 is 23.5 Å². The smallest absolute Gasteiger partial charge is 0.304 e. The summed E-state index contributed by atoms with van der Waals surface area (Å²) in [5.74, 6) is -1.08. The van der Waals surface area contributed by atoms with Crippen LogP contribution in [0.1, 0.15) is 12.0 Å². The van der Waals surface area contributed by atoms with Crippen LogP contribution in [-0.4, -0.2) is 37.5 Å². The Labute approximate surface area is 104 Å². The van der Waals surface area contributed by atoms with Gasteiger partial charge in [-0.05, 0) is 17.7 Å². The predicted octanol–water partition coefficient (Wildman–Crippen LogP) is 0.248. The number of nitrogens with one attached hydrogen (secondary N) is 1. The van der Waals surface area contributed by atoms with E-state index in [-0.39, 0.29) is 17.9 Å². The highest BCUT2D eigenvalue weighted by Crippen LogP contribution is 2.09. The van der Waals surface area contributed by atoms with Crippen LogP contribution >= 0.6 is 0 Å². The van der Waals surface area contributed by atoms with Crippen LogP contribution < -0.4 is 4.72 Å². The maximum atomic E-state index is 11.7. The molecule has 18 heavy (non-hydrogen) atoms. The van der Waals surface area contributed by atoms with Crippen molar-refractivity contribution in [1.29, 1.82) is 0 Å². The molecule has 0 aliphatic rings. The molecule has 8 heteroatoms. The molecule has 0 saturated heterocycles. The van der Waals surface area contributed by atoms with Crippen LogP contribution in [0.15, 0.2) is 34.3 Å². The lowest BCUT2D eigenvalue weighted by atomic mass is 10.2. The number of carbonyl (C=O) groups is 1. The maximum Gasteiger partial charge on any atom is 0.304 e. The van der Waals surface area contributed by atoms with Crippen molar-refractivity contribution in [3.63, 3.8) is 0 Å². The van der Waals surface area contributed by atoms with E-state index in [1.807, 2.05) is 0 Å². The number of sulfonamides is 1. The summed E-state index contributed by atoms with van der Waals surface area (Å²) < 4.78 is 25.6. The molecule has 1 aromatic rings. The van der Waals surface area contributed by atoms with Crippen molar-refractivity contribution in [2.24, 2.45) is 5.16 Å². The monoisotopic (exact) mass is 272 g/mol. The fourth-order valence-electron chi connectivity index (χ4n) is 1.18. The second-order valence-corrected chi connectivity index (χ2v) is 5.12. The minimum Gasteiger partial charge on any atom is -0.481 e. The van der Waals surface area contributed by atoms with Crippen LogP contribution in [0.3, 0.4) is 0 Å². The summed E-state index contributed by atoms with van der Waals surface area (Å²) in [5.41, 5.74) is 0.544. The maximum absolute atomic E-state index is 11.7. The summed E-state index contributed by atoms with van der Waals surface area (Å²) in [7, 11) is -3.71. The third kappa shape index (κ3) is 4.15. The first kappa shape index (κ1) is 14.1. The van der Waals surface area contributed by atoms with E-state index < -0.39 is 16.0 Å². The molecule has 0 heterocycles. The van der Waals surface area contributed by atoms with Gasteiger partial charge in [-0.2, -0.15) is 0 Å². The second-order valence-electron chi connectivity index (χ2n) is 3.36. The number of oxime groups is 1. The first-order chi connectivity index (χ1) is 8.45. The first-order valence-corrected chi connectivity index (χ1v) is 6.43.